The number of carbonyl (C=O) groups excluding carboxylic acids is 1. The Balaban J connectivity index is 1.33. The standard InChI is InChI=1S/C20H27N5O2/c1-14-13-25(15(2)11-21-14)20(26)27-17-7-9-24(10-8-17)19-22-12-16-5-3-4-6-18(16)23-19/h3-6,12,14-15,17,21H,7-11,13H2,1-2H3. The zero-order valence-electron chi connectivity index (χ0n) is 16.0. The highest BCUT2D eigenvalue weighted by atomic mass is 16.6. The molecule has 1 aromatic carbocycles. The fourth-order valence-corrected chi connectivity index (χ4v) is 3.77. The lowest BCUT2D eigenvalue weighted by Crippen LogP contribution is -2.57. The van der Waals surface area contributed by atoms with Gasteiger partial charge in [-0.1, -0.05) is 18.2 Å². The summed E-state index contributed by atoms with van der Waals surface area (Å²) < 4.78 is 5.80. The number of aromatic nitrogens is 2. The summed E-state index contributed by atoms with van der Waals surface area (Å²) in [5.74, 6) is 0.753. The van der Waals surface area contributed by atoms with Crippen LogP contribution in [-0.4, -0.2) is 65.3 Å². The number of hydrogen-bond donors (Lipinski definition) is 1. The monoisotopic (exact) mass is 369 g/mol. The normalized spacial score (nSPS) is 24.2. The largest absolute Gasteiger partial charge is 0.446 e. The van der Waals surface area contributed by atoms with Gasteiger partial charge < -0.3 is 19.9 Å². The molecule has 144 valence electrons. The molecule has 2 aliphatic rings. The number of para-hydroxylation sites is 1. The van der Waals surface area contributed by atoms with Crippen LogP contribution in [0.5, 0.6) is 0 Å². The number of carbonyl (C=O) groups is 1. The molecule has 0 saturated carbocycles. The number of nitrogens with zero attached hydrogens (tertiary/aromatic N) is 4. The SMILES string of the molecule is CC1CN(C(=O)OC2CCN(c3ncc4ccccc4n3)CC2)C(C)CN1. The molecular weight excluding hydrogens is 342 g/mol. The average Bonchev–Trinajstić information content (AvgIpc) is 2.70. The minimum atomic E-state index is -0.184. The van der Waals surface area contributed by atoms with Crippen LogP contribution in [0.3, 0.4) is 0 Å². The van der Waals surface area contributed by atoms with E-state index in [1.165, 1.54) is 0 Å². The second-order valence-electron chi connectivity index (χ2n) is 7.61. The van der Waals surface area contributed by atoms with Crippen LogP contribution in [0.1, 0.15) is 26.7 Å². The van der Waals surface area contributed by atoms with Crippen LogP contribution >= 0.6 is 0 Å². The van der Waals surface area contributed by atoms with Gasteiger partial charge in [-0.25, -0.2) is 14.8 Å². The lowest BCUT2D eigenvalue weighted by atomic mass is 10.1. The highest BCUT2D eigenvalue weighted by Crippen LogP contribution is 2.21. The Kier molecular flexibility index (Phi) is 5.11. The quantitative estimate of drug-likeness (QED) is 0.877. The van der Waals surface area contributed by atoms with Crippen LogP contribution in [0.4, 0.5) is 10.7 Å². The molecule has 2 aliphatic heterocycles. The summed E-state index contributed by atoms with van der Waals surface area (Å²) in [4.78, 5) is 25.7. The predicted molar refractivity (Wildman–Crippen MR) is 105 cm³/mol. The van der Waals surface area contributed by atoms with Gasteiger partial charge in [0.15, 0.2) is 0 Å². The highest BCUT2D eigenvalue weighted by Gasteiger charge is 2.31. The third-order valence-electron chi connectivity index (χ3n) is 5.47. The summed E-state index contributed by atoms with van der Waals surface area (Å²) in [6.45, 7) is 7.25. The van der Waals surface area contributed by atoms with Gasteiger partial charge in [0.05, 0.1) is 5.52 Å². The highest BCUT2D eigenvalue weighted by molar-refractivity contribution is 5.78. The van der Waals surface area contributed by atoms with Gasteiger partial charge >= 0.3 is 6.09 Å². The molecule has 1 aromatic heterocycles. The van der Waals surface area contributed by atoms with E-state index in [0.29, 0.717) is 12.6 Å². The Morgan fingerprint density at radius 1 is 1.22 bits per heavy atom. The van der Waals surface area contributed by atoms with E-state index in [1.54, 1.807) is 0 Å². The molecule has 2 atom stereocenters. The molecular formula is C20H27N5O2. The van der Waals surface area contributed by atoms with Crippen molar-refractivity contribution in [2.24, 2.45) is 0 Å². The molecule has 0 aliphatic carbocycles. The number of ether oxygens (including phenoxy) is 1. The van der Waals surface area contributed by atoms with E-state index in [0.717, 1.165) is 49.3 Å². The second kappa shape index (κ2) is 7.68. The van der Waals surface area contributed by atoms with Crippen molar-refractivity contribution in [2.45, 2.75) is 44.9 Å². The summed E-state index contributed by atoms with van der Waals surface area (Å²) in [6.07, 6.45) is 3.26. The molecule has 3 heterocycles. The van der Waals surface area contributed by atoms with Gasteiger partial charge in [0.2, 0.25) is 5.95 Å². The van der Waals surface area contributed by atoms with Gasteiger partial charge in [-0.3, -0.25) is 0 Å². The summed E-state index contributed by atoms with van der Waals surface area (Å²) in [7, 11) is 0. The van der Waals surface area contributed by atoms with E-state index in [4.69, 9.17) is 4.74 Å². The average molecular weight is 369 g/mol. The molecule has 2 unspecified atom stereocenters. The summed E-state index contributed by atoms with van der Waals surface area (Å²) in [6, 6.07) is 8.47. The maximum atomic E-state index is 12.6. The topological polar surface area (TPSA) is 70.6 Å². The Morgan fingerprint density at radius 3 is 2.81 bits per heavy atom. The molecule has 0 spiro atoms. The molecule has 2 aromatic rings. The van der Waals surface area contributed by atoms with Crippen molar-refractivity contribution < 1.29 is 9.53 Å². The summed E-state index contributed by atoms with van der Waals surface area (Å²) >= 11 is 0. The van der Waals surface area contributed by atoms with Crippen LogP contribution < -0.4 is 10.2 Å². The zero-order chi connectivity index (χ0) is 18.8. The molecule has 1 N–H and O–H groups in total. The zero-order valence-corrected chi connectivity index (χ0v) is 16.0. The van der Waals surface area contributed by atoms with Crippen LogP contribution in [0.25, 0.3) is 10.9 Å². The molecule has 2 saturated heterocycles. The third kappa shape index (κ3) is 3.98. The van der Waals surface area contributed by atoms with Gasteiger partial charge in [0.1, 0.15) is 6.10 Å². The maximum Gasteiger partial charge on any atom is 0.410 e. The Bertz CT molecular complexity index is 806. The number of rotatable bonds is 2. The number of fused-ring (bicyclic) bond motifs is 1. The molecule has 2 fully saturated rings. The first-order valence-electron chi connectivity index (χ1n) is 9.77. The van der Waals surface area contributed by atoms with Gasteiger partial charge in [0.25, 0.3) is 0 Å². The first kappa shape index (κ1) is 18.0. The Hall–Kier alpha value is -2.41. The van der Waals surface area contributed by atoms with E-state index >= 15 is 0 Å². The molecule has 7 nitrogen and oxygen atoms in total. The van der Waals surface area contributed by atoms with Gasteiger partial charge in [-0.2, -0.15) is 0 Å². The van der Waals surface area contributed by atoms with Crippen LogP contribution in [0.15, 0.2) is 30.5 Å². The Labute approximate surface area is 159 Å². The van der Waals surface area contributed by atoms with Crippen molar-refractivity contribution in [3.8, 4) is 0 Å². The minimum absolute atomic E-state index is 0.0356. The van der Waals surface area contributed by atoms with E-state index < -0.39 is 0 Å². The number of nitrogens with one attached hydrogen (secondary N) is 1. The summed E-state index contributed by atoms with van der Waals surface area (Å²) in [5.41, 5.74) is 0.956. The number of piperazine rings is 1. The van der Waals surface area contributed by atoms with E-state index in [-0.39, 0.29) is 18.2 Å². The van der Waals surface area contributed by atoms with Crippen molar-refractivity contribution in [1.82, 2.24) is 20.2 Å². The molecule has 1 amide bonds. The summed E-state index contributed by atoms with van der Waals surface area (Å²) in [5, 5.41) is 4.43. The van der Waals surface area contributed by atoms with Crippen LogP contribution in [0, 0.1) is 0 Å². The third-order valence-corrected chi connectivity index (χ3v) is 5.47. The fourth-order valence-electron chi connectivity index (χ4n) is 3.77. The fraction of sp³-hybridized carbons (Fsp3) is 0.550. The molecule has 7 heteroatoms. The van der Waals surface area contributed by atoms with Crippen molar-refractivity contribution in [2.75, 3.05) is 31.1 Å². The van der Waals surface area contributed by atoms with E-state index in [9.17, 15) is 4.79 Å². The number of anilines is 1. The van der Waals surface area contributed by atoms with Crippen molar-refractivity contribution in [1.29, 1.82) is 0 Å². The van der Waals surface area contributed by atoms with E-state index in [1.807, 2.05) is 35.4 Å². The Morgan fingerprint density at radius 2 is 2.00 bits per heavy atom. The van der Waals surface area contributed by atoms with E-state index in [2.05, 4.69) is 34.0 Å². The number of piperidine rings is 1. The predicted octanol–water partition coefficient (Wildman–Crippen LogP) is 2.42. The smallest absolute Gasteiger partial charge is 0.410 e. The second-order valence-corrected chi connectivity index (χ2v) is 7.61. The van der Waals surface area contributed by atoms with Gasteiger partial charge in [0, 0.05) is 62.7 Å². The lowest BCUT2D eigenvalue weighted by Gasteiger charge is -2.38. The van der Waals surface area contributed by atoms with Gasteiger partial charge in [-0.05, 0) is 19.9 Å². The first-order chi connectivity index (χ1) is 13.1. The van der Waals surface area contributed by atoms with Crippen molar-refractivity contribution in [3.63, 3.8) is 0 Å². The number of hydrogen-bond acceptors (Lipinski definition) is 6. The van der Waals surface area contributed by atoms with Crippen molar-refractivity contribution >= 4 is 22.9 Å². The molecule has 0 radical (unpaired) electrons. The lowest BCUT2D eigenvalue weighted by molar-refractivity contribution is 0.0336. The molecule has 0 bridgehead atoms. The number of amides is 1. The maximum absolute atomic E-state index is 12.6. The molecule has 27 heavy (non-hydrogen) atoms. The van der Waals surface area contributed by atoms with Gasteiger partial charge in [-0.15, -0.1) is 0 Å². The first-order valence-corrected chi connectivity index (χ1v) is 9.77. The van der Waals surface area contributed by atoms with Crippen LogP contribution in [-0.2, 0) is 4.74 Å². The molecule has 4 rings (SSSR count). The van der Waals surface area contributed by atoms with Crippen molar-refractivity contribution in [3.05, 3.63) is 30.5 Å². The minimum Gasteiger partial charge on any atom is -0.446 e. The number of benzene rings is 1. The van der Waals surface area contributed by atoms with Crippen LogP contribution in [0.2, 0.25) is 0 Å².